The van der Waals surface area contributed by atoms with Gasteiger partial charge < -0.3 is 20.1 Å². The third-order valence-corrected chi connectivity index (χ3v) is 3.82. The summed E-state index contributed by atoms with van der Waals surface area (Å²) in [6.45, 7) is 3.54. The van der Waals surface area contributed by atoms with Gasteiger partial charge in [-0.1, -0.05) is 23.2 Å². The van der Waals surface area contributed by atoms with Crippen LogP contribution in [0.5, 0.6) is 5.75 Å². The van der Waals surface area contributed by atoms with Gasteiger partial charge in [0.1, 0.15) is 5.75 Å². The van der Waals surface area contributed by atoms with Crippen molar-refractivity contribution in [3.8, 4) is 5.75 Å². The molecule has 1 aliphatic rings. The van der Waals surface area contributed by atoms with Crippen molar-refractivity contribution >= 4 is 35.2 Å². The number of ether oxygens (including phenoxy) is 2. The molecule has 0 unspecified atom stereocenters. The van der Waals surface area contributed by atoms with E-state index in [9.17, 15) is 9.59 Å². The maximum Gasteiger partial charge on any atom is 0.338 e. The maximum atomic E-state index is 12.3. The predicted molar refractivity (Wildman–Crippen MR) is 86.8 cm³/mol. The summed E-state index contributed by atoms with van der Waals surface area (Å²) >= 11 is 12.2. The van der Waals surface area contributed by atoms with Crippen LogP contribution in [-0.2, 0) is 9.53 Å². The summed E-state index contributed by atoms with van der Waals surface area (Å²) in [5.41, 5.74) is 1.14. The molecule has 1 aromatic rings. The molecular weight excluding hydrogens is 343 g/mol. The van der Waals surface area contributed by atoms with Crippen LogP contribution < -0.4 is 15.4 Å². The van der Waals surface area contributed by atoms with Crippen molar-refractivity contribution < 1.29 is 19.1 Å². The third kappa shape index (κ3) is 3.54. The molecule has 8 heteroatoms. The molecule has 0 bridgehead atoms. The fourth-order valence-corrected chi connectivity index (χ4v) is 3.00. The number of carbonyl (C=O) groups is 2. The molecule has 0 aromatic heterocycles. The van der Waals surface area contributed by atoms with Crippen molar-refractivity contribution in [3.63, 3.8) is 0 Å². The molecule has 124 valence electrons. The van der Waals surface area contributed by atoms with Crippen LogP contribution in [0, 0.1) is 0 Å². The number of hydrogen-bond donors (Lipinski definition) is 2. The van der Waals surface area contributed by atoms with Crippen LogP contribution in [0.15, 0.2) is 23.4 Å². The van der Waals surface area contributed by atoms with Gasteiger partial charge in [0.15, 0.2) is 0 Å². The minimum atomic E-state index is -0.783. The van der Waals surface area contributed by atoms with Crippen LogP contribution in [0.3, 0.4) is 0 Å². The number of benzene rings is 1. The number of hydrogen-bond acceptors (Lipinski definition) is 4. The number of esters is 1. The minimum absolute atomic E-state index is 0.212. The summed E-state index contributed by atoms with van der Waals surface area (Å²) in [6, 6.07) is 1.89. The van der Waals surface area contributed by atoms with E-state index in [4.69, 9.17) is 32.7 Å². The molecule has 0 saturated carbocycles. The summed E-state index contributed by atoms with van der Waals surface area (Å²) < 4.78 is 10.4. The molecule has 0 fully saturated rings. The smallest absolute Gasteiger partial charge is 0.338 e. The van der Waals surface area contributed by atoms with Crippen molar-refractivity contribution in [2.24, 2.45) is 0 Å². The average molecular weight is 359 g/mol. The van der Waals surface area contributed by atoms with Crippen LogP contribution in [0.2, 0.25) is 10.0 Å². The fraction of sp³-hybridized carbons (Fsp3) is 0.333. The number of amides is 2. The first-order valence-corrected chi connectivity index (χ1v) is 7.63. The topological polar surface area (TPSA) is 76.7 Å². The lowest BCUT2D eigenvalue weighted by Gasteiger charge is -2.29. The first-order chi connectivity index (χ1) is 10.9. The summed E-state index contributed by atoms with van der Waals surface area (Å²) in [5, 5.41) is 5.87. The van der Waals surface area contributed by atoms with Crippen molar-refractivity contribution in [3.05, 3.63) is 39.0 Å². The van der Waals surface area contributed by atoms with E-state index in [0.717, 1.165) is 0 Å². The largest absolute Gasteiger partial charge is 0.495 e. The molecule has 6 nitrogen and oxygen atoms in total. The van der Waals surface area contributed by atoms with E-state index in [-0.39, 0.29) is 17.2 Å². The lowest BCUT2D eigenvalue weighted by atomic mass is 9.94. The van der Waals surface area contributed by atoms with Gasteiger partial charge in [-0.15, -0.1) is 0 Å². The van der Waals surface area contributed by atoms with Crippen molar-refractivity contribution in [2.45, 2.75) is 19.9 Å². The lowest BCUT2D eigenvalue weighted by molar-refractivity contribution is -0.139. The summed E-state index contributed by atoms with van der Waals surface area (Å²) in [7, 11) is 1.45. The number of carbonyl (C=O) groups excluding carboxylic acids is 2. The van der Waals surface area contributed by atoms with Gasteiger partial charge in [-0.2, -0.15) is 0 Å². The van der Waals surface area contributed by atoms with Gasteiger partial charge in [0, 0.05) is 16.3 Å². The molecule has 23 heavy (non-hydrogen) atoms. The van der Waals surface area contributed by atoms with Crippen molar-refractivity contribution in [2.75, 3.05) is 13.7 Å². The van der Waals surface area contributed by atoms with Crippen molar-refractivity contribution in [1.29, 1.82) is 0 Å². The Kier molecular flexibility index (Phi) is 5.38. The zero-order valence-corrected chi connectivity index (χ0v) is 14.3. The van der Waals surface area contributed by atoms with E-state index in [1.54, 1.807) is 19.9 Å². The zero-order chi connectivity index (χ0) is 17.1. The van der Waals surface area contributed by atoms with Gasteiger partial charge in [0.2, 0.25) is 0 Å². The van der Waals surface area contributed by atoms with Gasteiger partial charge in [0.05, 0.1) is 30.4 Å². The summed E-state index contributed by atoms with van der Waals surface area (Å²) in [6.07, 6.45) is 0. The van der Waals surface area contributed by atoms with E-state index in [1.807, 2.05) is 0 Å². The number of methoxy groups -OCH3 is 1. The molecule has 1 heterocycles. The van der Waals surface area contributed by atoms with Crippen LogP contribution in [-0.4, -0.2) is 25.7 Å². The molecule has 1 aliphatic heterocycles. The minimum Gasteiger partial charge on any atom is -0.495 e. The maximum absolute atomic E-state index is 12.3. The first-order valence-electron chi connectivity index (χ1n) is 6.87. The number of rotatable bonds is 4. The quantitative estimate of drug-likeness (QED) is 0.810. The molecule has 0 spiro atoms. The van der Waals surface area contributed by atoms with Gasteiger partial charge in [0.25, 0.3) is 0 Å². The van der Waals surface area contributed by atoms with Gasteiger partial charge in [-0.25, -0.2) is 9.59 Å². The molecule has 0 radical (unpaired) electrons. The van der Waals surface area contributed by atoms with E-state index in [2.05, 4.69) is 10.6 Å². The van der Waals surface area contributed by atoms with E-state index >= 15 is 0 Å². The Morgan fingerprint density at radius 1 is 1.35 bits per heavy atom. The zero-order valence-electron chi connectivity index (χ0n) is 12.8. The predicted octanol–water partition coefficient (Wildman–Crippen LogP) is 3.19. The number of allylic oxidation sites excluding steroid dienone is 1. The average Bonchev–Trinajstić information content (AvgIpc) is 2.45. The highest BCUT2D eigenvalue weighted by Crippen LogP contribution is 2.39. The molecule has 1 atom stereocenters. The Morgan fingerprint density at radius 3 is 2.65 bits per heavy atom. The number of nitrogens with one attached hydrogen (secondary N) is 2. The lowest BCUT2D eigenvalue weighted by Crippen LogP contribution is -2.45. The summed E-state index contributed by atoms with van der Waals surface area (Å²) in [5.74, 6) is -0.210. The first kappa shape index (κ1) is 17.4. The van der Waals surface area contributed by atoms with Gasteiger partial charge >= 0.3 is 12.0 Å². The Balaban J connectivity index is 2.61. The van der Waals surface area contributed by atoms with Crippen LogP contribution >= 0.6 is 23.2 Å². The standard InChI is InChI=1S/C15H16Cl2N2O4/c1-4-23-14(20)11-7(2)18-15(21)19-12(11)9-5-8(16)6-10(17)13(9)22-3/h5-6,12H,4H2,1-3H3,(H2,18,19,21)/t12-/m1/s1. The second kappa shape index (κ2) is 7.10. The Hall–Kier alpha value is -1.92. The number of halogens is 2. The van der Waals surface area contributed by atoms with Crippen LogP contribution in [0.25, 0.3) is 0 Å². The molecular formula is C15H16Cl2N2O4. The van der Waals surface area contributed by atoms with E-state index in [0.29, 0.717) is 22.0 Å². The third-order valence-electron chi connectivity index (χ3n) is 3.32. The molecule has 1 aromatic carbocycles. The number of urea groups is 1. The van der Waals surface area contributed by atoms with Gasteiger partial charge in [-0.05, 0) is 26.0 Å². The molecule has 0 aliphatic carbocycles. The monoisotopic (exact) mass is 358 g/mol. The van der Waals surface area contributed by atoms with Crippen LogP contribution in [0.4, 0.5) is 4.79 Å². The fourth-order valence-electron chi connectivity index (χ4n) is 2.42. The second-order valence-electron chi connectivity index (χ2n) is 4.80. The second-order valence-corrected chi connectivity index (χ2v) is 5.64. The molecule has 2 N–H and O–H groups in total. The van der Waals surface area contributed by atoms with Crippen LogP contribution in [0.1, 0.15) is 25.5 Å². The van der Waals surface area contributed by atoms with Crippen molar-refractivity contribution in [1.82, 2.24) is 10.6 Å². The highest BCUT2D eigenvalue weighted by molar-refractivity contribution is 6.35. The Labute approximate surface area is 143 Å². The van der Waals surface area contributed by atoms with Gasteiger partial charge in [-0.3, -0.25) is 0 Å². The highest BCUT2D eigenvalue weighted by Gasteiger charge is 2.34. The molecule has 2 rings (SSSR count). The molecule has 0 saturated heterocycles. The molecule has 2 amide bonds. The highest BCUT2D eigenvalue weighted by atomic mass is 35.5. The Morgan fingerprint density at radius 2 is 2.04 bits per heavy atom. The summed E-state index contributed by atoms with van der Waals surface area (Å²) in [4.78, 5) is 24.1. The Bertz CT molecular complexity index is 688. The normalized spacial score (nSPS) is 17.4. The van der Waals surface area contributed by atoms with E-state index < -0.39 is 18.0 Å². The van der Waals surface area contributed by atoms with E-state index in [1.165, 1.54) is 13.2 Å². The SMILES string of the molecule is CCOC(=O)C1=C(C)NC(=O)N[C@@H]1c1cc(Cl)cc(Cl)c1OC.